The zero-order chi connectivity index (χ0) is 17.6. The number of anilines is 1. The average molecular weight is 337 g/mol. The zero-order valence-corrected chi connectivity index (χ0v) is 15.4. The minimum absolute atomic E-state index is 0.593. The van der Waals surface area contributed by atoms with Gasteiger partial charge in [-0.2, -0.15) is 0 Å². The summed E-state index contributed by atoms with van der Waals surface area (Å²) >= 11 is 0. The van der Waals surface area contributed by atoms with Crippen LogP contribution in [-0.4, -0.2) is 46.5 Å². The number of aliphatic imine (C=N–C) groups is 1. The summed E-state index contributed by atoms with van der Waals surface area (Å²) in [7, 11) is 3.37. The van der Waals surface area contributed by atoms with Crippen molar-refractivity contribution in [2.45, 2.75) is 33.1 Å². The van der Waals surface area contributed by atoms with Gasteiger partial charge in [0.25, 0.3) is 0 Å². The maximum atomic E-state index is 5.61. The largest absolute Gasteiger partial charge is 0.493 e. The van der Waals surface area contributed by atoms with E-state index in [1.807, 2.05) is 25.1 Å². The first kappa shape index (κ1) is 20.1. The number of benzene rings is 1. The number of unbranched alkanes of at least 4 members (excludes halogenated alkanes) is 2. The Morgan fingerprint density at radius 3 is 2.58 bits per heavy atom. The summed E-state index contributed by atoms with van der Waals surface area (Å²) in [5.41, 5.74) is 0.915. The minimum Gasteiger partial charge on any atom is -0.493 e. The Morgan fingerprint density at radius 2 is 1.92 bits per heavy atom. The third-order valence-electron chi connectivity index (χ3n) is 3.35. The molecule has 0 saturated heterocycles. The van der Waals surface area contributed by atoms with Crippen LogP contribution in [0.5, 0.6) is 11.5 Å². The first-order chi connectivity index (χ1) is 11.7. The van der Waals surface area contributed by atoms with Crippen LogP contribution < -0.4 is 20.1 Å². The summed E-state index contributed by atoms with van der Waals surface area (Å²) in [6.45, 7) is 7.01. The van der Waals surface area contributed by atoms with Crippen LogP contribution in [0.2, 0.25) is 0 Å². The highest BCUT2D eigenvalue weighted by Gasteiger charge is 2.06. The molecule has 0 unspecified atom stereocenters. The van der Waals surface area contributed by atoms with Gasteiger partial charge >= 0.3 is 0 Å². The van der Waals surface area contributed by atoms with Crippen molar-refractivity contribution in [1.29, 1.82) is 0 Å². The van der Waals surface area contributed by atoms with Gasteiger partial charge in [-0.3, -0.25) is 4.99 Å². The molecule has 24 heavy (non-hydrogen) atoms. The lowest BCUT2D eigenvalue weighted by atomic mass is 10.2. The maximum absolute atomic E-state index is 5.61. The molecule has 0 spiro atoms. The average Bonchev–Trinajstić information content (AvgIpc) is 2.58. The van der Waals surface area contributed by atoms with Crippen molar-refractivity contribution in [1.82, 2.24) is 5.32 Å². The second-order valence-electron chi connectivity index (χ2n) is 5.24. The van der Waals surface area contributed by atoms with Gasteiger partial charge in [0.05, 0.1) is 13.7 Å². The molecule has 0 aliphatic heterocycles. The molecule has 2 N–H and O–H groups in total. The Labute approximate surface area is 145 Å². The summed E-state index contributed by atoms with van der Waals surface area (Å²) in [4.78, 5) is 4.61. The number of hydrogen-bond acceptors (Lipinski definition) is 4. The lowest BCUT2D eigenvalue weighted by Crippen LogP contribution is -2.30. The third-order valence-corrected chi connectivity index (χ3v) is 3.35. The lowest BCUT2D eigenvalue weighted by molar-refractivity contribution is 0.192. The molecular formula is C18H31N3O3. The molecule has 0 aliphatic carbocycles. The number of hydrogen-bond donors (Lipinski definition) is 2. The Kier molecular flexibility index (Phi) is 10.4. The molecule has 0 saturated carbocycles. The molecular weight excluding hydrogens is 306 g/mol. The summed E-state index contributed by atoms with van der Waals surface area (Å²) in [6.07, 6.45) is 3.24. The second kappa shape index (κ2) is 12.5. The first-order valence-corrected chi connectivity index (χ1v) is 8.60. The first-order valence-electron chi connectivity index (χ1n) is 8.60. The van der Waals surface area contributed by atoms with E-state index >= 15 is 0 Å². The molecule has 0 amide bonds. The molecule has 1 aromatic rings. The van der Waals surface area contributed by atoms with E-state index in [1.165, 1.54) is 0 Å². The summed E-state index contributed by atoms with van der Waals surface area (Å²) in [5.74, 6) is 2.22. The monoisotopic (exact) mass is 337 g/mol. The Morgan fingerprint density at radius 1 is 1.08 bits per heavy atom. The van der Waals surface area contributed by atoms with Crippen molar-refractivity contribution in [3.8, 4) is 11.5 Å². The van der Waals surface area contributed by atoms with Crippen molar-refractivity contribution < 1.29 is 14.2 Å². The van der Waals surface area contributed by atoms with E-state index in [0.29, 0.717) is 6.61 Å². The molecule has 1 aromatic carbocycles. The molecule has 136 valence electrons. The Balaban J connectivity index is 2.64. The number of methoxy groups -OCH3 is 2. The van der Waals surface area contributed by atoms with Crippen molar-refractivity contribution in [2.75, 3.05) is 45.8 Å². The number of guanidine groups is 1. The van der Waals surface area contributed by atoms with Gasteiger partial charge in [0.2, 0.25) is 0 Å². The van der Waals surface area contributed by atoms with Gasteiger partial charge in [-0.15, -0.1) is 0 Å². The van der Waals surface area contributed by atoms with Crippen LogP contribution >= 0.6 is 0 Å². The topological polar surface area (TPSA) is 64.1 Å². The fourth-order valence-corrected chi connectivity index (χ4v) is 2.19. The molecule has 0 fully saturated rings. The van der Waals surface area contributed by atoms with Gasteiger partial charge in [0.1, 0.15) is 0 Å². The van der Waals surface area contributed by atoms with Gasteiger partial charge < -0.3 is 24.8 Å². The van der Waals surface area contributed by atoms with E-state index in [-0.39, 0.29) is 0 Å². The van der Waals surface area contributed by atoms with Gasteiger partial charge in [-0.25, -0.2) is 0 Å². The highest BCUT2D eigenvalue weighted by Crippen LogP contribution is 2.30. The predicted molar refractivity (Wildman–Crippen MR) is 99.5 cm³/mol. The van der Waals surface area contributed by atoms with Crippen molar-refractivity contribution in [3.05, 3.63) is 18.2 Å². The van der Waals surface area contributed by atoms with Crippen molar-refractivity contribution in [3.63, 3.8) is 0 Å². The van der Waals surface area contributed by atoms with E-state index in [0.717, 1.165) is 62.1 Å². The molecule has 0 heterocycles. The summed E-state index contributed by atoms with van der Waals surface area (Å²) in [6, 6.07) is 5.77. The maximum Gasteiger partial charge on any atom is 0.195 e. The molecule has 0 atom stereocenters. The molecule has 0 radical (unpaired) electrons. The van der Waals surface area contributed by atoms with Crippen LogP contribution in [0.15, 0.2) is 23.2 Å². The normalized spacial score (nSPS) is 11.2. The van der Waals surface area contributed by atoms with E-state index in [4.69, 9.17) is 14.2 Å². The molecule has 0 aromatic heterocycles. The number of rotatable bonds is 11. The van der Waals surface area contributed by atoms with Gasteiger partial charge in [0, 0.05) is 38.6 Å². The highest BCUT2D eigenvalue weighted by atomic mass is 16.5. The van der Waals surface area contributed by atoms with E-state index < -0.39 is 0 Å². The van der Waals surface area contributed by atoms with Crippen LogP contribution in [0.25, 0.3) is 0 Å². The van der Waals surface area contributed by atoms with Crippen LogP contribution in [0.1, 0.15) is 33.1 Å². The van der Waals surface area contributed by atoms with E-state index in [9.17, 15) is 0 Å². The van der Waals surface area contributed by atoms with Crippen LogP contribution in [0.3, 0.4) is 0 Å². The van der Waals surface area contributed by atoms with Gasteiger partial charge in [-0.1, -0.05) is 0 Å². The Hall–Kier alpha value is -1.95. The SMILES string of the molecule is CCNC(=NCCCCCOC)Nc1ccc(OC)c(OCC)c1. The van der Waals surface area contributed by atoms with Crippen LogP contribution in [0, 0.1) is 0 Å². The molecule has 1 rings (SSSR count). The van der Waals surface area contributed by atoms with Crippen LogP contribution in [-0.2, 0) is 4.74 Å². The van der Waals surface area contributed by atoms with E-state index in [1.54, 1.807) is 14.2 Å². The second-order valence-corrected chi connectivity index (χ2v) is 5.24. The Bertz CT molecular complexity index is 492. The quantitative estimate of drug-likeness (QED) is 0.368. The molecule has 0 aliphatic rings. The predicted octanol–water partition coefficient (Wildman–Crippen LogP) is 3.29. The molecule has 6 heteroatoms. The van der Waals surface area contributed by atoms with Gasteiger partial charge in [-0.05, 0) is 45.2 Å². The number of nitrogens with zero attached hydrogens (tertiary/aromatic N) is 1. The third kappa shape index (κ3) is 7.55. The highest BCUT2D eigenvalue weighted by molar-refractivity contribution is 5.93. The smallest absolute Gasteiger partial charge is 0.195 e. The lowest BCUT2D eigenvalue weighted by Gasteiger charge is -2.14. The van der Waals surface area contributed by atoms with Crippen molar-refractivity contribution in [2.24, 2.45) is 4.99 Å². The summed E-state index contributed by atoms with van der Waals surface area (Å²) < 4.78 is 16.0. The number of ether oxygens (including phenoxy) is 3. The standard InChI is InChI=1S/C18H31N3O3/c1-5-19-18(20-12-8-7-9-13-22-3)21-15-10-11-16(23-4)17(14-15)24-6-2/h10-11,14H,5-9,12-13H2,1-4H3,(H2,19,20,21). The fraction of sp³-hybridized carbons (Fsp3) is 0.611. The molecule has 0 bridgehead atoms. The summed E-state index contributed by atoms with van der Waals surface area (Å²) in [5, 5.41) is 6.57. The van der Waals surface area contributed by atoms with Gasteiger partial charge in [0.15, 0.2) is 17.5 Å². The van der Waals surface area contributed by atoms with Crippen LogP contribution in [0.4, 0.5) is 5.69 Å². The van der Waals surface area contributed by atoms with Crippen molar-refractivity contribution >= 4 is 11.6 Å². The zero-order valence-electron chi connectivity index (χ0n) is 15.4. The van der Waals surface area contributed by atoms with E-state index in [2.05, 4.69) is 22.5 Å². The minimum atomic E-state index is 0.593. The molecule has 6 nitrogen and oxygen atoms in total. The number of nitrogens with one attached hydrogen (secondary N) is 2. The fourth-order valence-electron chi connectivity index (χ4n) is 2.19.